The third kappa shape index (κ3) is 2.18. The van der Waals surface area contributed by atoms with Gasteiger partial charge in [-0.2, -0.15) is 0 Å². The van der Waals surface area contributed by atoms with Crippen LogP contribution in [0.1, 0.15) is 41.5 Å². The van der Waals surface area contributed by atoms with Gasteiger partial charge in [-0.05, 0) is 25.3 Å². The molecule has 0 radical (unpaired) electrons. The minimum absolute atomic E-state index is 0.116. The van der Waals surface area contributed by atoms with Crippen LogP contribution in [0.4, 0.5) is 0 Å². The van der Waals surface area contributed by atoms with E-state index in [0.29, 0.717) is 0 Å². The third-order valence-electron chi connectivity index (χ3n) is 3.57. The molecule has 1 aliphatic rings. The van der Waals surface area contributed by atoms with Crippen molar-refractivity contribution in [3.63, 3.8) is 0 Å². The number of rotatable bonds is 2. The van der Waals surface area contributed by atoms with Crippen molar-refractivity contribution in [3.8, 4) is 0 Å². The minimum atomic E-state index is 0.116. The van der Waals surface area contributed by atoms with Crippen LogP contribution in [0.15, 0.2) is 30.5 Å². The summed E-state index contributed by atoms with van der Waals surface area (Å²) >= 11 is 0. The molecular formula is C15H19N3. The van der Waals surface area contributed by atoms with Crippen molar-refractivity contribution in [3.05, 3.63) is 53.1 Å². The van der Waals surface area contributed by atoms with E-state index in [4.69, 9.17) is 10.7 Å². The van der Waals surface area contributed by atoms with E-state index in [1.54, 1.807) is 0 Å². The highest BCUT2D eigenvalue weighted by Gasteiger charge is 2.19. The van der Waals surface area contributed by atoms with Crippen molar-refractivity contribution < 1.29 is 0 Å². The summed E-state index contributed by atoms with van der Waals surface area (Å²) in [6.07, 6.45) is 5.28. The predicted molar refractivity (Wildman–Crippen MR) is 72.4 cm³/mol. The molecule has 1 atom stereocenters. The van der Waals surface area contributed by atoms with E-state index in [9.17, 15) is 0 Å². The summed E-state index contributed by atoms with van der Waals surface area (Å²) in [5, 5.41) is 0. The second-order valence-corrected chi connectivity index (χ2v) is 5.20. The summed E-state index contributed by atoms with van der Waals surface area (Å²) in [5.41, 5.74) is 9.84. The molecule has 18 heavy (non-hydrogen) atoms. The lowest BCUT2D eigenvalue weighted by atomic mass is 10.1. The quantitative estimate of drug-likeness (QED) is 0.878. The molecule has 2 heterocycles. The second kappa shape index (κ2) is 4.58. The van der Waals surface area contributed by atoms with Crippen LogP contribution >= 0.6 is 0 Å². The maximum atomic E-state index is 6.09. The molecule has 1 unspecified atom stereocenters. The number of benzene rings is 1. The average molecular weight is 241 g/mol. The van der Waals surface area contributed by atoms with Crippen molar-refractivity contribution in [2.45, 2.75) is 38.8 Å². The molecule has 2 N–H and O–H groups in total. The van der Waals surface area contributed by atoms with Crippen LogP contribution in [0.2, 0.25) is 0 Å². The number of hydrogen-bond acceptors (Lipinski definition) is 2. The van der Waals surface area contributed by atoms with Crippen LogP contribution in [-0.4, -0.2) is 9.55 Å². The maximum absolute atomic E-state index is 6.09. The van der Waals surface area contributed by atoms with E-state index in [1.165, 1.54) is 11.1 Å². The molecule has 0 spiro atoms. The standard InChI is InChI=1S/C15H19N3/c1-11-4-2-5-12(8-11)9-13-10-18-7-3-6-14(16)15(18)17-13/h2,4-5,8,10,14H,3,6-7,9,16H2,1H3. The van der Waals surface area contributed by atoms with Crippen molar-refractivity contribution in [2.75, 3.05) is 0 Å². The molecule has 3 nitrogen and oxygen atoms in total. The predicted octanol–water partition coefficient (Wildman–Crippen LogP) is 2.58. The monoisotopic (exact) mass is 241 g/mol. The van der Waals surface area contributed by atoms with Gasteiger partial charge in [-0.1, -0.05) is 29.8 Å². The molecule has 1 aromatic heterocycles. The van der Waals surface area contributed by atoms with E-state index in [2.05, 4.69) is 42.0 Å². The number of fused-ring (bicyclic) bond motifs is 1. The van der Waals surface area contributed by atoms with Crippen LogP contribution in [0.5, 0.6) is 0 Å². The Balaban J connectivity index is 1.85. The van der Waals surface area contributed by atoms with Gasteiger partial charge >= 0.3 is 0 Å². The van der Waals surface area contributed by atoms with Gasteiger partial charge in [0.15, 0.2) is 0 Å². The maximum Gasteiger partial charge on any atom is 0.125 e. The zero-order chi connectivity index (χ0) is 12.5. The molecule has 1 aromatic carbocycles. The first-order chi connectivity index (χ1) is 8.72. The van der Waals surface area contributed by atoms with Gasteiger partial charge in [0, 0.05) is 19.2 Å². The van der Waals surface area contributed by atoms with Gasteiger partial charge < -0.3 is 10.3 Å². The van der Waals surface area contributed by atoms with Crippen LogP contribution < -0.4 is 5.73 Å². The fraction of sp³-hybridized carbons (Fsp3) is 0.400. The van der Waals surface area contributed by atoms with E-state index >= 15 is 0 Å². The van der Waals surface area contributed by atoms with Gasteiger partial charge in [-0.3, -0.25) is 0 Å². The first-order valence-corrected chi connectivity index (χ1v) is 6.59. The summed E-state index contributed by atoms with van der Waals surface area (Å²) < 4.78 is 2.22. The van der Waals surface area contributed by atoms with Gasteiger partial charge in [-0.25, -0.2) is 4.98 Å². The molecule has 0 aliphatic carbocycles. The molecule has 3 rings (SSSR count). The summed E-state index contributed by atoms with van der Waals surface area (Å²) in [7, 11) is 0. The van der Waals surface area contributed by atoms with Crippen LogP contribution in [-0.2, 0) is 13.0 Å². The van der Waals surface area contributed by atoms with Crippen molar-refractivity contribution in [1.82, 2.24) is 9.55 Å². The van der Waals surface area contributed by atoms with Crippen LogP contribution in [0.25, 0.3) is 0 Å². The topological polar surface area (TPSA) is 43.8 Å². The summed E-state index contributed by atoms with van der Waals surface area (Å²) in [5.74, 6) is 1.06. The summed E-state index contributed by atoms with van der Waals surface area (Å²) in [6.45, 7) is 3.18. The number of imidazole rings is 1. The van der Waals surface area contributed by atoms with Gasteiger partial charge in [0.25, 0.3) is 0 Å². The molecule has 2 aromatic rings. The lowest BCUT2D eigenvalue weighted by Gasteiger charge is -2.19. The van der Waals surface area contributed by atoms with Gasteiger partial charge in [0.1, 0.15) is 5.82 Å². The molecule has 0 bridgehead atoms. The zero-order valence-corrected chi connectivity index (χ0v) is 10.8. The van der Waals surface area contributed by atoms with Gasteiger partial charge in [-0.15, -0.1) is 0 Å². The molecular weight excluding hydrogens is 222 g/mol. The number of aromatic nitrogens is 2. The van der Waals surface area contributed by atoms with E-state index in [1.807, 2.05) is 0 Å². The molecule has 0 amide bonds. The average Bonchev–Trinajstić information content (AvgIpc) is 2.73. The molecule has 94 valence electrons. The normalized spacial score (nSPS) is 18.7. The van der Waals surface area contributed by atoms with Gasteiger partial charge in [0.2, 0.25) is 0 Å². The van der Waals surface area contributed by atoms with E-state index in [-0.39, 0.29) is 6.04 Å². The molecule has 0 saturated carbocycles. The van der Waals surface area contributed by atoms with E-state index in [0.717, 1.165) is 37.3 Å². The third-order valence-corrected chi connectivity index (χ3v) is 3.57. The first kappa shape index (κ1) is 11.5. The lowest BCUT2D eigenvalue weighted by molar-refractivity contribution is 0.451. The Labute approximate surface area is 108 Å². The highest BCUT2D eigenvalue weighted by molar-refractivity contribution is 5.26. The fourth-order valence-corrected chi connectivity index (χ4v) is 2.69. The Kier molecular flexibility index (Phi) is 2.92. The van der Waals surface area contributed by atoms with Crippen molar-refractivity contribution >= 4 is 0 Å². The fourth-order valence-electron chi connectivity index (χ4n) is 2.69. The molecule has 0 saturated heterocycles. The second-order valence-electron chi connectivity index (χ2n) is 5.20. The number of nitrogens with two attached hydrogens (primary N) is 1. The smallest absolute Gasteiger partial charge is 0.125 e. The van der Waals surface area contributed by atoms with Crippen LogP contribution in [0.3, 0.4) is 0 Å². The Morgan fingerprint density at radius 1 is 1.44 bits per heavy atom. The number of nitrogens with zero attached hydrogens (tertiary/aromatic N) is 2. The Morgan fingerprint density at radius 3 is 3.11 bits per heavy atom. The highest BCUT2D eigenvalue weighted by atomic mass is 15.1. The number of hydrogen-bond donors (Lipinski definition) is 1. The zero-order valence-electron chi connectivity index (χ0n) is 10.8. The Hall–Kier alpha value is -1.61. The Morgan fingerprint density at radius 2 is 2.33 bits per heavy atom. The SMILES string of the molecule is Cc1cccc(Cc2cn3c(n2)C(N)CCC3)c1. The molecule has 1 aliphatic heterocycles. The lowest BCUT2D eigenvalue weighted by Crippen LogP contribution is -2.21. The van der Waals surface area contributed by atoms with Crippen molar-refractivity contribution in [1.29, 1.82) is 0 Å². The largest absolute Gasteiger partial charge is 0.333 e. The van der Waals surface area contributed by atoms with Gasteiger partial charge in [0.05, 0.1) is 11.7 Å². The Bertz CT molecular complexity index is 557. The molecule has 0 fully saturated rings. The summed E-state index contributed by atoms with van der Waals surface area (Å²) in [4.78, 5) is 4.69. The van der Waals surface area contributed by atoms with Crippen LogP contribution in [0, 0.1) is 6.92 Å². The molecule has 3 heteroatoms. The van der Waals surface area contributed by atoms with Crippen molar-refractivity contribution in [2.24, 2.45) is 5.73 Å². The van der Waals surface area contributed by atoms with E-state index < -0.39 is 0 Å². The minimum Gasteiger partial charge on any atom is -0.333 e. The highest BCUT2D eigenvalue weighted by Crippen LogP contribution is 2.23. The summed E-state index contributed by atoms with van der Waals surface area (Å²) in [6, 6.07) is 8.72. The number of aryl methyl sites for hydroxylation is 2. The first-order valence-electron chi connectivity index (χ1n) is 6.59.